The molecular formula is C14H17F2N3O. The highest BCUT2D eigenvalue weighted by atomic mass is 19.3. The topological polar surface area (TPSA) is 51.9 Å². The lowest BCUT2D eigenvalue weighted by Crippen LogP contribution is -2.23. The lowest BCUT2D eigenvalue weighted by Gasteiger charge is -2.04. The molecule has 0 aliphatic carbocycles. The maximum absolute atomic E-state index is 11.7. The summed E-state index contributed by atoms with van der Waals surface area (Å²) in [5.41, 5.74) is 2.11. The third-order valence-corrected chi connectivity index (χ3v) is 2.32. The van der Waals surface area contributed by atoms with Crippen molar-refractivity contribution in [1.82, 2.24) is 4.98 Å². The fourth-order valence-corrected chi connectivity index (χ4v) is 1.30. The third kappa shape index (κ3) is 6.63. The number of hydrogen-bond donors (Lipinski definition) is 1. The molecule has 20 heavy (non-hydrogen) atoms. The summed E-state index contributed by atoms with van der Waals surface area (Å²) in [6.45, 7) is 3.48. The molecule has 0 aliphatic rings. The molecule has 0 aromatic carbocycles. The van der Waals surface area contributed by atoms with E-state index in [1.165, 1.54) is 12.4 Å². The van der Waals surface area contributed by atoms with Crippen molar-refractivity contribution in [3.8, 4) is 0 Å². The molecule has 2 rings (SSSR count). The molecule has 2 heterocycles. The number of nitrogens with one attached hydrogen (secondary N) is 1. The van der Waals surface area contributed by atoms with Crippen molar-refractivity contribution in [2.75, 3.05) is 11.9 Å². The molecular weight excluding hydrogens is 264 g/mol. The predicted octanol–water partition coefficient (Wildman–Crippen LogP) is 2.70. The molecule has 4 nitrogen and oxygen atoms in total. The molecule has 0 atom stereocenters. The van der Waals surface area contributed by atoms with Crippen LogP contribution in [0.4, 0.5) is 14.6 Å². The summed E-state index contributed by atoms with van der Waals surface area (Å²) in [6.07, 6.45) is 2.21. The van der Waals surface area contributed by atoms with Crippen LogP contribution in [0.5, 0.6) is 0 Å². The number of hydrogen-bond acceptors (Lipinski definition) is 3. The fraction of sp³-hybridized carbons (Fsp3) is 0.286. The summed E-state index contributed by atoms with van der Waals surface area (Å²) in [6, 6.07) is 7.08. The average molecular weight is 281 g/mol. The van der Waals surface area contributed by atoms with Gasteiger partial charge in [0.2, 0.25) is 0 Å². The Morgan fingerprint density at radius 2 is 1.85 bits per heavy atom. The third-order valence-electron chi connectivity index (χ3n) is 2.32. The Morgan fingerprint density at radius 3 is 2.35 bits per heavy atom. The molecule has 6 heteroatoms. The first kappa shape index (κ1) is 15.8. The number of alkyl halides is 2. The van der Waals surface area contributed by atoms with E-state index >= 15 is 0 Å². The number of aryl methyl sites for hydroxylation is 2. The zero-order valence-electron chi connectivity index (χ0n) is 11.4. The van der Waals surface area contributed by atoms with Gasteiger partial charge in [0.05, 0.1) is 6.54 Å². The quantitative estimate of drug-likeness (QED) is 0.695. The van der Waals surface area contributed by atoms with E-state index in [4.69, 9.17) is 0 Å². The van der Waals surface area contributed by atoms with Gasteiger partial charge in [-0.1, -0.05) is 0 Å². The number of pyridine rings is 2. The van der Waals surface area contributed by atoms with Crippen molar-refractivity contribution in [2.24, 2.45) is 0 Å². The predicted molar refractivity (Wildman–Crippen MR) is 73.6 cm³/mol. The minimum Gasteiger partial charge on any atom is -0.619 e. The van der Waals surface area contributed by atoms with Crippen LogP contribution in [0.15, 0.2) is 42.9 Å². The Morgan fingerprint density at radius 1 is 1.20 bits per heavy atom. The smallest absolute Gasteiger partial charge is 0.255 e. The molecule has 0 saturated carbocycles. The van der Waals surface area contributed by atoms with Gasteiger partial charge in [-0.15, -0.1) is 0 Å². The SMILES string of the molecule is Cc1cc[n+]([O-])cc1.Cc1ccnc(NCC(F)F)c1. The van der Waals surface area contributed by atoms with Gasteiger partial charge in [-0.25, -0.2) is 13.8 Å². The van der Waals surface area contributed by atoms with Crippen LogP contribution in [-0.2, 0) is 0 Å². The lowest BCUT2D eigenvalue weighted by atomic mass is 10.3. The lowest BCUT2D eigenvalue weighted by molar-refractivity contribution is -0.605. The van der Waals surface area contributed by atoms with Crippen LogP contribution in [0.3, 0.4) is 0 Å². The first-order valence-electron chi connectivity index (χ1n) is 6.07. The number of anilines is 1. The van der Waals surface area contributed by atoms with Crippen molar-refractivity contribution >= 4 is 5.82 Å². The highest BCUT2D eigenvalue weighted by Gasteiger charge is 2.01. The van der Waals surface area contributed by atoms with Gasteiger partial charge in [-0.05, 0) is 37.1 Å². The summed E-state index contributed by atoms with van der Waals surface area (Å²) in [5.74, 6) is 0.496. The second-order valence-corrected chi connectivity index (χ2v) is 4.23. The first-order valence-corrected chi connectivity index (χ1v) is 6.07. The van der Waals surface area contributed by atoms with Crippen molar-refractivity contribution in [2.45, 2.75) is 20.3 Å². The molecule has 0 amide bonds. The average Bonchev–Trinajstić information content (AvgIpc) is 2.41. The Kier molecular flexibility index (Phi) is 6.36. The van der Waals surface area contributed by atoms with Gasteiger partial charge < -0.3 is 10.5 Å². The zero-order valence-corrected chi connectivity index (χ0v) is 11.4. The Balaban J connectivity index is 0.000000217. The van der Waals surface area contributed by atoms with Crippen LogP contribution in [0.2, 0.25) is 0 Å². The van der Waals surface area contributed by atoms with E-state index in [1.807, 2.05) is 19.9 Å². The summed E-state index contributed by atoms with van der Waals surface area (Å²) in [5, 5.41) is 12.9. The van der Waals surface area contributed by atoms with E-state index in [9.17, 15) is 14.0 Å². The molecule has 0 saturated heterocycles. The summed E-state index contributed by atoms with van der Waals surface area (Å²) >= 11 is 0. The summed E-state index contributed by atoms with van der Waals surface area (Å²) in [7, 11) is 0. The molecule has 0 aliphatic heterocycles. The molecule has 0 unspecified atom stereocenters. The van der Waals surface area contributed by atoms with Crippen molar-refractivity contribution in [1.29, 1.82) is 0 Å². The standard InChI is InChI=1S/C8H10F2N2.C6H7NO/c1-6-2-3-11-8(4-6)12-5-7(9)10;1-6-2-4-7(8)5-3-6/h2-4,7H,5H2,1H3,(H,11,12);2-5H,1H3. The van der Waals surface area contributed by atoms with Crippen LogP contribution in [-0.4, -0.2) is 18.0 Å². The number of nitrogens with zero attached hydrogens (tertiary/aromatic N) is 2. The van der Waals surface area contributed by atoms with E-state index < -0.39 is 6.43 Å². The van der Waals surface area contributed by atoms with Crippen LogP contribution in [0.1, 0.15) is 11.1 Å². The molecule has 1 N–H and O–H groups in total. The Hall–Kier alpha value is -2.24. The largest absolute Gasteiger partial charge is 0.619 e. The van der Waals surface area contributed by atoms with Gasteiger partial charge in [0.15, 0.2) is 12.4 Å². The van der Waals surface area contributed by atoms with Gasteiger partial charge in [0.25, 0.3) is 6.43 Å². The maximum atomic E-state index is 11.7. The van der Waals surface area contributed by atoms with Gasteiger partial charge in [0.1, 0.15) is 5.82 Å². The van der Waals surface area contributed by atoms with E-state index in [0.717, 1.165) is 15.9 Å². The molecule has 0 bridgehead atoms. The van der Waals surface area contributed by atoms with E-state index in [2.05, 4.69) is 10.3 Å². The van der Waals surface area contributed by atoms with Crippen LogP contribution in [0, 0.1) is 19.1 Å². The molecule has 0 radical (unpaired) electrons. The fourth-order valence-electron chi connectivity index (χ4n) is 1.30. The first-order chi connectivity index (χ1) is 9.47. The van der Waals surface area contributed by atoms with Gasteiger partial charge in [0, 0.05) is 18.3 Å². The highest BCUT2D eigenvalue weighted by molar-refractivity contribution is 5.36. The van der Waals surface area contributed by atoms with Gasteiger partial charge in [-0.3, -0.25) is 0 Å². The van der Waals surface area contributed by atoms with Crippen molar-refractivity contribution < 1.29 is 13.5 Å². The highest BCUT2D eigenvalue weighted by Crippen LogP contribution is 2.05. The monoisotopic (exact) mass is 281 g/mol. The molecule has 2 aromatic heterocycles. The summed E-state index contributed by atoms with van der Waals surface area (Å²) in [4.78, 5) is 3.87. The number of rotatable bonds is 3. The maximum Gasteiger partial charge on any atom is 0.255 e. The number of halogens is 2. The second kappa shape index (κ2) is 8.04. The van der Waals surface area contributed by atoms with Gasteiger partial charge in [-0.2, -0.15) is 4.73 Å². The van der Waals surface area contributed by atoms with Gasteiger partial charge >= 0.3 is 0 Å². The number of aromatic nitrogens is 2. The summed E-state index contributed by atoms with van der Waals surface area (Å²) < 4.78 is 24.2. The molecule has 108 valence electrons. The minimum absolute atomic E-state index is 0.351. The van der Waals surface area contributed by atoms with Crippen LogP contribution >= 0.6 is 0 Å². The molecule has 0 spiro atoms. The zero-order chi connectivity index (χ0) is 15.0. The van der Waals surface area contributed by atoms with E-state index in [0.29, 0.717) is 5.82 Å². The van der Waals surface area contributed by atoms with Crippen LogP contribution < -0.4 is 10.0 Å². The Bertz CT molecular complexity index is 497. The Labute approximate surface area is 116 Å². The van der Waals surface area contributed by atoms with Crippen molar-refractivity contribution in [3.63, 3.8) is 0 Å². The molecule has 0 fully saturated rings. The van der Waals surface area contributed by atoms with E-state index in [-0.39, 0.29) is 6.54 Å². The molecule has 2 aromatic rings. The van der Waals surface area contributed by atoms with Crippen LogP contribution in [0.25, 0.3) is 0 Å². The minimum atomic E-state index is -2.34. The second-order valence-electron chi connectivity index (χ2n) is 4.23. The van der Waals surface area contributed by atoms with Crippen molar-refractivity contribution in [3.05, 3.63) is 59.2 Å². The van der Waals surface area contributed by atoms with E-state index in [1.54, 1.807) is 24.4 Å². The normalized spacial score (nSPS) is 9.85.